The highest BCUT2D eigenvalue weighted by Crippen LogP contribution is 2.28. The van der Waals surface area contributed by atoms with Crippen LogP contribution in [-0.4, -0.2) is 69.8 Å². The molecule has 9 nitrogen and oxygen atoms in total. The zero-order valence-electron chi connectivity index (χ0n) is 24.1. The molecule has 0 saturated carbocycles. The summed E-state index contributed by atoms with van der Waals surface area (Å²) in [6.45, 7) is 5.37. The van der Waals surface area contributed by atoms with E-state index in [1.807, 2.05) is 43.0 Å². The van der Waals surface area contributed by atoms with Crippen LogP contribution in [-0.2, 0) is 17.8 Å². The van der Waals surface area contributed by atoms with Gasteiger partial charge in [0.2, 0.25) is 5.91 Å². The normalized spacial score (nSPS) is 10.6. The number of anilines is 1. The minimum absolute atomic E-state index is 0.0446. The standard InChI is InChI=1S/C30H39N3O6S/c1-7-13-33(30(35)31-23-16-24(36-3)18-25(17-23)37-4)20-29(34)32(19-26-10-8-21(2)40-26)14-12-22-9-11-27(38-5)28(15-22)39-6/h8-11,15-18H,7,12-14,19-20H2,1-6H3,(H,31,35). The molecule has 2 aromatic carbocycles. The number of nitrogens with one attached hydrogen (secondary N) is 1. The van der Waals surface area contributed by atoms with Crippen LogP contribution in [0, 0.1) is 6.92 Å². The van der Waals surface area contributed by atoms with E-state index in [0.29, 0.717) is 61.2 Å². The van der Waals surface area contributed by atoms with Gasteiger partial charge in [-0.05, 0) is 49.6 Å². The summed E-state index contributed by atoms with van der Waals surface area (Å²) in [6, 6.07) is 14.6. The van der Waals surface area contributed by atoms with Crippen molar-refractivity contribution in [2.75, 3.05) is 53.4 Å². The second kappa shape index (κ2) is 15.0. The maximum atomic E-state index is 13.7. The number of hydrogen-bond donors (Lipinski definition) is 1. The monoisotopic (exact) mass is 569 g/mol. The number of aryl methyl sites for hydroxylation is 1. The van der Waals surface area contributed by atoms with Gasteiger partial charge >= 0.3 is 6.03 Å². The lowest BCUT2D eigenvalue weighted by molar-refractivity contribution is -0.132. The van der Waals surface area contributed by atoms with Crippen LogP contribution >= 0.6 is 11.3 Å². The Bertz CT molecular complexity index is 1260. The summed E-state index contributed by atoms with van der Waals surface area (Å²) in [5.41, 5.74) is 1.54. The molecule has 3 aromatic rings. The predicted molar refractivity (Wildman–Crippen MR) is 158 cm³/mol. The Hall–Kier alpha value is -3.92. The van der Waals surface area contributed by atoms with Gasteiger partial charge < -0.3 is 34.1 Å². The van der Waals surface area contributed by atoms with Crippen LogP contribution in [0.25, 0.3) is 0 Å². The number of rotatable bonds is 14. The average molecular weight is 570 g/mol. The van der Waals surface area contributed by atoms with Crippen molar-refractivity contribution in [1.29, 1.82) is 0 Å². The lowest BCUT2D eigenvalue weighted by atomic mass is 10.1. The van der Waals surface area contributed by atoms with Crippen molar-refractivity contribution in [3.63, 3.8) is 0 Å². The minimum atomic E-state index is -0.364. The van der Waals surface area contributed by atoms with E-state index in [1.54, 1.807) is 58.0 Å². The van der Waals surface area contributed by atoms with Gasteiger partial charge in [-0.3, -0.25) is 4.79 Å². The van der Waals surface area contributed by atoms with E-state index in [9.17, 15) is 9.59 Å². The Morgan fingerprint density at radius 1 is 0.825 bits per heavy atom. The van der Waals surface area contributed by atoms with Crippen molar-refractivity contribution in [3.05, 3.63) is 63.8 Å². The second-order valence-corrected chi connectivity index (χ2v) is 10.6. The molecule has 0 unspecified atom stereocenters. The molecule has 0 aliphatic heterocycles. The van der Waals surface area contributed by atoms with Crippen molar-refractivity contribution in [2.45, 2.75) is 33.2 Å². The van der Waals surface area contributed by atoms with Gasteiger partial charge in [-0.25, -0.2) is 4.79 Å². The van der Waals surface area contributed by atoms with Gasteiger partial charge in [0.1, 0.15) is 18.0 Å². The molecule has 1 N–H and O–H groups in total. The van der Waals surface area contributed by atoms with Gasteiger partial charge in [-0.15, -0.1) is 11.3 Å². The Labute approximate surface area is 240 Å². The first-order valence-corrected chi connectivity index (χ1v) is 13.9. The van der Waals surface area contributed by atoms with Gasteiger partial charge in [0.05, 0.1) is 35.0 Å². The van der Waals surface area contributed by atoms with E-state index in [2.05, 4.69) is 11.4 Å². The highest BCUT2D eigenvalue weighted by atomic mass is 32.1. The zero-order valence-corrected chi connectivity index (χ0v) is 24.9. The number of carbonyl (C=O) groups excluding carboxylic acids is 2. The van der Waals surface area contributed by atoms with E-state index in [1.165, 1.54) is 9.78 Å². The summed E-state index contributed by atoms with van der Waals surface area (Å²) >= 11 is 1.66. The van der Waals surface area contributed by atoms with Crippen LogP contribution in [0.15, 0.2) is 48.5 Å². The number of amides is 3. The third kappa shape index (κ3) is 8.54. The fourth-order valence-corrected chi connectivity index (χ4v) is 5.12. The molecule has 0 atom stereocenters. The van der Waals surface area contributed by atoms with Crippen LogP contribution in [0.3, 0.4) is 0 Å². The number of urea groups is 1. The molecule has 216 valence electrons. The first kappa shape index (κ1) is 30.6. The van der Waals surface area contributed by atoms with Gasteiger partial charge in [0, 0.05) is 46.7 Å². The molecule has 0 saturated heterocycles. The van der Waals surface area contributed by atoms with Crippen LogP contribution in [0.1, 0.15) is 28.7 Å². The molecule has 0 aliphatic rings. The number of ether oxygens (including phenoxy) is 4. The minimum Gasteiger partial charge on any atom is -0.497 e. The molecule has 3 rings (SSSR count). The topological polar surface area (TPSA) is 89.6 Å². The number of methoxy groups -OCH3 is 4. The van der Waals surface area contributed by atoms with E-state index in [4.69, 9.17) is 18.9 Å². The molecule has 10 heteroatoms. The van der Waals surface area contributed by atoms with Crippen LogP contribution < -0.4 is 24.3 Å². The largest absolute Gasteiger partial charge is 0.497 e. The third-order valence-corrected chi connectivity index (χ3v) is 7.31. The summed E-state index contributed by atoms with van der Waals surface area (Å²) < 4.78 is 21.4. The van der Waals surface area contributed by atoms with Gasteiger partial charge in [0.15, 0.2) is 11.5 Å². The summed E-state index contributed by atoms with van der Waals surface area (Å²) in [4.78, 5) is 32.6. The van der Waals surface area contributed by atoms with Gasteiger partial charge in [-0.1, -0.05) is 13.0 Å². The van der Waals surface area contributed by atoms with Crippen molar-refractivity contribution in [1.82, 2.24) is 9.80 Å². The van der Waals surface area contributed by atoms with E-state index in [-0.39, 0.29) is 18.5 Å². The molecular formula is C30H39N3O6S. The lowest BCUT2D eigenvalue weighted by Crippen LogP contribution is -2.45. The van der Waals surface area contributed by atoms with Crippen molar-refractivity contribution < 1.29 is 28.5 Å². The zero-order chi connectivity index (χ0) is 29.1. The molecule has 0 radical (unpaired) electrons. The van der Waals surface area contributed by atoms with Gasteiger partial charge in [-0.2, -0.15) is 0 Å². The SMILES string of the molecule is CCCN(CC(=O)N(CCc1ccc(OC)c(OC)c1)Cc1ccc(C)s1)C(=O)Nc1cc(OC)cc(OC)c1. The molecule has 1 aromatic heterocycles. The Balaban J connectivity index is 1.76. The van der Waals surface area contributed by atoms with Crippen molar-refractivity contribution in [3.8, 4) is 23.0 Å². The highest BCUT2D eigenvalue weighted by molar-refractivity contribution is 7.11. The molecule has 1 heterocycles. The summed E-state index contributed by atoms with van der Waals surface area (Å²) in [7, 11) is 6.30. The average Bonchev–Trinajstić information content (AvgIpc) is 3.38. The molecule has 0 fully saturated rings. The second-order valence-electron chi connectivity index (χ2n) is 9.22. The molecule has 0 aliphatic carbocycles. The summed E-state index contributed by atoms with van der Waals surface area (Å²) in [5, 5.41) is 2.89. The molecular weight excluding hydrogens is 530 g/mol. The highest BCUT2D eigenvalue weighted by Gasteiger charge is 2.22. The Kier molecular flexibility index (Phi) is 11.5. The van der Waals surface area contributed by atoms with Crippen molar-refractivity contribution in [2.24, 2.45) is 0 Å². The van der Waals surface area contributed by atoms with Crippen LogP contribution in [0.2, 0.25) is 0 Å². The fraction of sp³-hybridized carbons (Fsp3) is 0.400. The number of carbonyl (C=O) groups is 2. The predicted octanol–water partition coefficient (Wildman–Crippen LogP) is 5.61. The van der Waals surface area contributed by atoms with Crippen LogP contribution in [0.4, 0.5) is 10.5 Å². The van der Waals surface area contributed by atoms with E-state index in [0.717, 1.165) is 10.4 Å². The van der Waals surface area contributed by atoms with Crippen LogP contribution in [0.5, 0.6) is 23.0 Å². The molecule has 0 bridgehead atoms. The molecule has 0 spiro atoms. The Morgan fingerprint density at radius 3 is 2.10 bits per heavy atom. The first-order valence-electron chi connectivity index (χ1n) is 13.1. The summed E-state index contributed by atoms with van der Waals surface area (Å²) in [6.07, 6.45) is 1.33. The first-order chi connectivity index (χ1) is 19.3. The van der Waals surface area contributed by atoms with Crippen molar-refractivity contribution >= 4 is 29.0 Å². The van der Waals surface area contributed by atoms with Gasteiger partial charge in [0.25, 0.3) is 0 Å². The quantitative estimate of drug-likeness (QED) is 0.272. The molecule has 3 amide bonds. The maximum absolute atomic E-state index is 13.7. The third-order valence-electron chi connectivity index (χ3n) is 6.32. The van der Waals surface area contributed by atoms with E-state index < -0.39 is 0 Å². The summed E-state index contributed by atoms with van der Waals surface area (Å²) in [5.74, 6) is 2.29. The number of nitrogens with zero attached hydrogens (tertiary/aromatic N) is 2. The number of thiophene rings is 1. The van der Waals surface area contributed by atoms with E-state index >= 15 is 0 Å². The molecule has 40 heavy (non-hydrogen) atoms. The maximum Gasteiger partial charge on any atom is 0.322 e. The Morgan fingerprint density at radius 2 is 1.52 bits per heavy atom. The number of benzene rings is 2. The smallest absolute Gasteiger partial charge is 0.322 e. The fourth-order valence-electron chi connectivity index (χ4n) is 4.22. The lowest BCUT2D eigenvalue weighted by Gasteiger charge is -2.28. The number of hydrogen-bond acceptors (Lipinski definition) is 7.